The van der Waals surface area contributed by atoms with Crippen LogP contribution in [-0.4, -0.2) is 47.4 Å². The Morgan fingerprint density at radius 1 is 0.415 bits per heavy atom. The van der Waals surface area contributed by atoms with Crippen molar-refractivity contribution in [3.8, 4) is 0 Å². The van der Waals surface area contributed by atoms with Crippen LogP contribution in [0.25, 0.3) is 0 Å². The highest BCUT2D eigenvalue weighted by molar-refractivity contribution is 5.76. The molecule has 6 heteroatoms. The number of rotatable bonds is 54. The first-order valence-corrected chi connectivity index (χ1v) is 29.1. The maximum absolute atomic E-state index is 12.4. The molecule has 1 amide bonds. The molecule has 0 saturated heterocycles. The van der Waals surface area contributed by atoms with E-state index in [-0.39, 0.29) is 18.5 Å². The highest BCUT2D eigenvalue weighted by atomic mass is 16.5. The smallest absolute Gasteiger partial charge is 0.305 e. The second-order valence-electron chi connectivity index (χ2n) is 20.0. The zero-order chi connectivity index (χ0) is 47.2. The Morgan fingerprint density at radius 2 is 0.723 bits per heavy atom. The summed E-state index contributed by atoms with van der Waals surface area (Å²) in [4.78, 5) is 24.4. The van der Waals surface area contributed by atoms with E-state index in [9.17, 15) is 19.8 Å². The van der Waals surface area contributed by atoms with Crippen LogP contribution in [0.1, 0.15) is 316 Å². The molecule has 0 spiro atoms. The summed E-state index contributed by atoms with van der Waals surface area (Å²) < 4.78 is 5.46. The van der Waals surface area contributed by atoms with Gasteiger partial charge in [-0.1, -0.05) is 269 Å². The minimum Gasteiger partial charge on any atom is -0.466 e. The Labute approximate surface area is 405 Å². The molecule has 384 valence electrons. The minimum atomic E-state index is -0.848. The van der Waals surface area contributed by atoms with Gasteiger partial charge in [0.25, 0.3) is 0 Å². The van der Waals surface area contributed by atoms with Gasteiger partial charge in [-0.2, -0.15) is 0 Å². The normalized spacial score (nSPS) is 12.7. The Balaban J connectivity index is 3.45. The highest BCUT2D eigenvalue weighted by Gasteiger charge is 2.18. The van der Waals surface area contributed by atoms with Crippen molar-refractivity contribution in [1.29, 1.82) is 0 Å². The molecule has 0 aromatic rings. The van der Waals surface area contributed by atoms with Gasteiger partial charge in [0.1, 0.15) is 0 Å². The number of aliphatic hydroxyl groups is 2. The molecule has 0 aromatic heterocycles. The molecule has 0 rings (SSSR count). The third-order valence-corrected chi connectivity index (χ3v) is 13.5. The molecule has 0 saturated carbocycles. The van der Waals surface area contributed by atoms with E-state index in [1.807, 2.05) is 6.08 Å². The van der Waals surface area contributed by atoms with Crippen molar-refractivity contribution in [3.63, 3.8) is 0 Å². The van der Waals surface area contributed by atoms with Crippen LogP contribution in [0.4, 0.5) is 0 Å². The van der Waals surface area contributed by atoms with Crippen LogP contribution in [0.15, 0.2) is 24.3 Å². The number of esters is 1. The van der Waals surface area contributed by atoms with Crippen molar-refractivity contribution in [3.05, 3.63) is 24.3 Å². The van der Waals surface area contributed by atoms with Crippen LogP contribution >= 0.6 is 0 Å². The molecule has 6 nitrogen and oxygen atoms in total. The number of hydrogen-bond donors (Lipinski definition) is 3. The SMILES string of the molecule is CCCCCCCCCCCCCCC/C=C/C(O)C(CO)NC(=O)CCCCCCCCC/C=C\CCCCCCCCCCCCCOC(=O)CCCCCCCCCCCCC. The Hall–Kier alpha value is -1.66. The highest BCUT2D eigenvalue weighted by Crippen LogP contribution is 2.17. The fourth-order valence-electron chi connectivity index (χ4n) is 8.98. The van der Waals surface area contributed by atoms with Crippen molar-refractivity contribution in [2.24, 2.45) is 0 Å². The summed E-state index contributed by atoms with van der Waals surface area (Å²) in [6, 6.07) is -0.632. The van der Waals surface area contributed by atoms with E-state index in [0.29, 0.717) is 19.4 Å². The fourth-order valence-corrected chi connectivity index (χ4v) is 8.98. The fraction of sp³-hybridized carbons (Fsp3) is 0.898. The molecule has 2 unspecified atom stereocenters. The Bertz CT molecular complexity index is 1010. The van der Waals surface area contributed by atoms with Crippen LogP contribution in [0.2, 0.25) is 0 Å². The van der Waals surface area contributed by atoms with Gasteiger partial charge in [-0.15, -0.1) is 0 Å². The molecule has 0 fully saturated rings. The number of ether oxygens (including phenoxy) is 1. The molecule has 2 atom stereocenters. The summed E-state index contributed by atoms with van der Waals surface area (Å²) in [5.74, 6) is -0.0647. The Morgan fingerprint density at radius 3 is 1.09 bits per heavy atom. The third kappa shape index (κ3) is 51.6. The second-order valence-corrected chi connectivity index (χ2v) is 20.0. The molecule has 0 aromatic carbocycles. The van der Waals surface area contributed by atoms with Crippen molar-refractivity contribution in [2.75, 3.05) is 13.2 Å². The first kappa shape index (κ1) is 63.3. The molecule has 65 heavy (non-hydrogen) atoms. The first-order chi connectivity index (χ1) is 32.0. The zero-order valence-corrected chi connectivity index (χ0v) is 43.7. The third-order valence-electron chi connectivity index (χ3n) is 13.5. The second kappa shape index (κ2) is 54.9. The lowest BCUT2D eigenvalue weighted by atomic mass is 10.0. The lowest BCUT2D eigenvalue weighted by Crippen LogP contribution is -2.45. The number of allylic oxidation sites excluding steroid dienone is 3. The standard InChI is InChI=1S/C59H113NO5/c1-3-5-7-9-11-13-15-16-25-28-32-35-39-43-47-51-57(62)56(55-61)60-58(63)52-48-44-40-36-33-29-26-23-21-19-17-18-20-22-24-27-30-34-38-42-46-50-54-65-59(64)53-49-45-41-37-31-14-12-10-8-6-4-2/h19,21,47,51,56-57,61-62H,3-18,20,22-46,48-50,52-55H2,1-2H3,(H,60,63)/b21-19-,51-47+. The molecule has 0 bridgehead atoms. The maximum Gasteiger partial charge on any atom is 0.305 e. The van der Waals surface area contributed by atoms with Gasteiger partial charge in [0.2, 0.25) is 5.91 Å². The molecular weight excluding hydrogens is 803 g/mol. The summed E-state index contributed by atoms with van der Waals surface area (Å²) in [5, 5.41) is 23.1. The van der Waals surface area contributed by atoms with Crippen LogP contribution < -0.4 is 5.32 Å². The maximum atomic E-state index is 12.4. The van der Waals surface area contributed by atoms with Gasteiger partial charge in [-0.25, -0.2) is 0 Å². The predicted octanol–water partition coefficient (Wildman–Crippen LogP) is 17.9. The number of aliphatic hydroxyl groups excluding tert-OH is 2. The number of unbranched alkanes of at least 4 members (excludes halogenated alkanes) is 41. The average Bonchev–Trinajstić information content (AvgIpc) is 3.31. The molecule has 3 N–H and O–H groups in total. The Kier molecular flexibility index (Phi) is 53.5. The predicted molar refractivity (Wildman–Crippen MR) is 283 cm³/mol. The average molecular weight is 917 g/mol. The van der Waals surface area contributed by atoms with Crippen molar-refractivity contribution < 1.29 is 24.5 Å². The van der Waals surface area contributed by atoms with E-state index in [0.717, 1.165) is 44.9 Å². The largest absolute Gasteiger partial charge is 0.466 e. The van der Waals surface area contributed by atoms with E-state index >= 15 is 0 Å². The lowest BCUT2D eigenvalue weighted by molar-refractivity contribution is -0.143. The molecular formula is C59H113NO5. The number of carbonyl (C=O) groups is 2. The topological polar surface area (TPSA) is 95.9 Å². The van der Waals surface area contributed by atoms with Crippen molar-refractivity contribution in [2.45, 2.75) is 328 Å². The van der Waals surface area contributed by atoms with Gasteiger partial charge in [0.15, 0.2) is 0 Å². The summed E-state index contributed by atoms with van der Waals surface area (Å²) in [6.07, 6.45) is 66.3. The zero-order valence-electron chi connectivity index (χ0n) is 43.7. The van der Waals surface area contributed by atoms with E-state index in [2.05, 4.69) is 31.3 Å². The van der Waals surface area contributed by atoms with E-state index < -0.39 is 12.1 Å². The summed E-state index contributed by atoms with van der Waals surface area (Å²) in [5.41, 5.74) is 0. The summed E-state index contributed by atoms with van der Waals surface area (Å²) in [7, 11) is 0. The van der Waals surface area contributed by atoms with E-state index in [1.54, 1.807) is 6.08 Å². The van der Waals surface area contributed by atoms with Gasteiger partial charge >= 0.3 is 5.97 Å². The monoisotopic (exact) mass is 916 g/mol. The minimum absolute atomic E-state index is 0.00909. The van der Waals surface area contributed by atoms with Gasteiger partial charge in [0.05, 0.1) is 25.4 Å². The molecule has 0 heterocycles. The van der Waals surface area contributed by atoms with Crippen molar-refractivity contribution in [1.82, 2.24) is 5.32 Å². The van der Waals surface area contributed by atoms with Crippen LogP contribution in [0.5, 0.6) is 0 Å². The number of carbonyl (C=O) groups excluding carboxylic acids is 2. The van der Waals surface area contributed by atoms with Gasteiger partial charge in [0, 0.05) is 12.8 Å². The molecule has 0 aliphatic rings. The van der Waals surface area contributed by atoms with Crippen LogP contribution in [0.3, 0.4) is 0 Å². The summed E-state index contributed by atoms with van der Waals surface area (Å²) in [6.45, 7) is 4.90. The number of hydrogen-bond acceptors (Lipinski definition) is 5. The molecule has 0 radical (unpaired) electrons. The van der Waals surface area contributed by atoms with Gasteiger partial charge in [-0.3, -0.25) is 9.59 Å². The first-order valence-electron chi connectivity index (χ1n) is 29.1. The van der Waals surface area contributed by atoms with Gasteiger partial charge < -0.3 is 20.3 Å². The van der Waals surface area contributed by atoms with Crippen LogP contribution in [0, 0.1) is 0 Å². The van der Waals surface area contributed by atoms with E-state index in [1.165, 1.54) is 244 Å². The molecule has 0 aliphatic heterocycles. The van der Waals surface area contributed by atoms with Gasteiger partial charge in [-0.05, 0) is 57.8 Å². The molecule has 0 aliphatic carbocycles. The van der Waals surface area contributed by atoms with E-state index in [4.69, 9.17) is 4.74 Å². The number of amides is 1. The van der Waals surface area contributed by atoms with Crippen LogP contribution in [-0.2, 0) is 14.3 Å². The number of nitrogens with one attached hydrogen (secondary N) is 1. The lowest BCUT2D eigenvalue weighted by Gasteiger charge is -2.20. The quantitative estimate of drug-likeness (QED) is 0.0321. The summed E-state index contributed by atoms with van der Waals surface area (Å²) >= 11 is 0. The van der Waals surface area contributed by atoms with Crippen molar-refractivity contribution >= 4 is 11.9 Å².